The lowest BCUT2D eigenvalue weighted by Crippen LogP contribution is -2.39. The van der Waals surface area contributed by atoms with E-state index in [4.69, 9.17) is 21.1 Å². The quantitative estimate of drug-likeness (QED) is 0.465. The molecule has 1 aromatic carbocycles. The highest BCUT2D eigenvalue weighted by Gasteiger charge is 2.35. The van der Waals surface area contributed by atoms with Gasteiger partial charge in [0.2, 0.25) is 0 Å². The number of benzene rings is 1. The minimum absolute atomic E-state index is 0.0497. The number of pyridine rings is 1. The molecule has 2 heterocycles. The normalized spacial score (nSPS) is 15.6. The molecule has 0 aliphatic carbocycles. The number of carbonyl (C=O) groups excluding carboxylic acids is 2. The first-order valence-corrected chi connectivity index (χ1v) is 10.7. The third kappa shape index (κ3) is 5.51. The number of ether oxygens (including phenoxy) is 2. The van der Waals surface area contributed by atoms with E-state index in [-0.39, 0.29) is 19.1 Å². The monoisotopic (exact) mass is 430 g/mol. The molecule has 3 rings (SSSR count). The van der Waals surface area contributed by atoms with Crippen LogP contribution >= 0.6 is 11.6 Å². The standard InChI is InChI=1S/C23H27ClN2O4/c1-3-29-22(27)19(23(28)30-4-2)10-17-11-20-21(12-18(24)13-25-20)26(15-17)14-16-8-6-5-7-9-16/h5-9,12-13,17,19H,3-4,10-11,14-15H2,1-2H3. The predicted octanol–water partition coefficient (Wildman–Crippen LogP) is 4.05. The summed E-state index contributed by atoms with van der Waals surface area (Å²) in [6, 6.07) is 12.1. The van der Waals surface area contributed by atoms with Gasteiger partial charge in [0.1, 0.15) is 0 Å². The summed E-state index contributed by atoms with van der Waals surface area (Å²) >= 11 is 6.21. The van der Waals surface area contributed by atoms with Gasteiger partial charge in [0, 0.05) is 19.3 Å². The summed E-state index contributed by atoms with van der Waals surface area (Å²) in [7, 11) is 0. The van der Waals surface area contributed by atoms with Gasteiger partial charge in [-0.3, -0.25) is 14.6 Å². The minimum atomic E-state index is -0.928. The Hall–Kier alpha value is -2.60. The van der Waals surface area contributed by atoms with Gasteiger partial charge in [0.15, 0.2) is 5.92 Å². The van der Waals surface area contributed by atoms with Gasteiger partial charge >= 0.3 is 11.9 Å². The lowest BCUT2D eigenvalue weighted by atomic mass is 9.87. The highest BCUT2D eigenvalue weighted by molar-refractivity contribution is 6.30. The summed E-state index contributed by atoms with van der Waals surface area (Å²) in [5, 5.41) is 0.584. The number of fused-ring (bicyclic) bond motifs is 1. The molecule has 0 N–H and O–H groups in total. The molecule has 0 saturated heterocycles. The van der Waals surface area contributed by atoms with Gasteiger partial charge in [-0.15, -0.1) is 0 Å². The van der Waals surface area contributed by atoms with Crippen molar-refractivity contribution in [2.24, 2.45) is 11.8 Å². The summed E-state index contributed by atoms with van der Waals surface area (Å²) < 4.78 is 10.3. The van der Waals surface area contributed by atoms with Crippen LogP contribution in [0, 0.1) is 11.8 Å². The van der Waals surface area contributed by atoms with Gasteiger partial charge in [-0.1, -0.05) is 41.9 Å². The minimum Gasteiger partial charge on any atom is -0.465 e. The first kappa shape index (κ1) is 22.1. The van der Waals surface area contributed by atoms with Crippen LogP contribution in [-0.4, -0.2) is 36.7 Å². The Labute approximate surface area is 182 Å². The van der Waals surface area contributed by atoms with Gasteiger partial charge < -0.3 is 14.4 Å². The SMILES string of the molecule is CCOC(=O)C(CC1Cc2ncc(Cl)cc2N(Cc2ccccc2)C1)C(=O)OCC. The second-order valence-electron chi connectivity index (χ2n) is 7.35. The van der Waals surface area contributed by atoms with Gasteiger partial charge in [-0.05, 0) is 44.2 Å². The molecule has 1 aliphatic rings. The zero-order valence-corrected chi connectivity index (χ0v) is 18.1. The molecule has 7 heteroatoms. The average Bonchev–Trinajstić information content (AvgIpc) is 2.73. The summed E-state index contributed by atoms with van der Waals surface area (Å²) in [5.74, 6) is -1.93. The van der Waals surface area contributed by atoms with E-state index in [1.54, 1.807) is 20.0 Å². The van der Waals surface area contributed by atoms with Crippen LogP contribution in [0.1, 0.15) is 31.5 Å². The Kier molecular flexibility index (Phi) is 7.69. The van der Waals surface area contributed by atoms with Crippen LogP contribution in [0.15, 0.2) is 42.6 Å². The molecule has 6 nitrogen and oxygen atoms in total. The number of nitrogens with zero attached hydrogens (tertiary/aromatic N) is 2. The van der Waals surface area contributed by atoms with E-state index in [2.05, 4.69) is 22.0 Å². The lowest BCUT2D eigenvalue weighted by molar-refractivity contribution is -0.162. The number of esters is 2. The number of hydrogen-bond acceptors (Lipinski definition) is 6. The van der Waals surface area contributed by atoms with Crippen molar-refractivity contribution in [3.8, 4) is 0 Å². The van der Waals surface area contributed by atoms with E-state index < -0.39 is 17.9 Å². The van der Waals surface area contributed by atoms with Gasteiger partial charge in [-0.2, -0.15) is 0 Å². The summed E-state index contributed by atoms with van der Waals surface area (Å²) in [4.78, 5) is 31.6. The number of halogens is 1. The average molecular weight is 431 g/mol. The molecule has 0 fully saturated rings. The van der Waals surface area contributed by atoms with Crippen LogP contribution in [0.2, 0.25) is 5.02 Å². The van der Waals surface area contributed by atoms with Crippen LogP contribution < -0.4 is 4.90 Å². The zero-order chi connectivity index (χ0) is 21.5. The molecule has 0 spiro atoms. The first-order valence-electron chi connectivity index (χ1n) is 10.3. The molecule has 30 heavy (non-hydrogen) atoms. The van der Waals surface area contributed by atoms with E-state index in [9.17, 15) is 9.59 Å². The van der Waals surface area contributed by atoms with Crippen LogP contribution in [0.25, 0.3) is 0 Å². The second-order valence-corrected chi connectivity index (χ2v) is 7.78. The van der Waals surface area contributed by atoms with Crippen molar-refractivity contribution < 1.29 is 19.1 Å². The Morgan fingerprint density at radius 3 is 2.47 bits per heavy atom. The van der Waals surface area contributed by atoms with Gasteiger partial charge in [0.25, 0.3) is 0 Å². The third-order valence-corrected chi connectivity index (χ3v) is 5.35. The van der Waals surface area contributed by atoms with Crippen molar-refractivity contribution in [1.82, 2.24) is 4.98 Å². The molecule has 1 aliphatic heterocycles. The molecule has 1 aromatic heterocycles. The Bertz CT molecular complexity index is 857. The van der Waals surface area contributed by atoms with Crippen molar-refractivity contribution in [2.45, 2.75) is 33.2 Å². The maximum atomic E-state index is 12.4. The van der Waals surface area contributed by atoms with Crippen LogP contribution in [0.5, 0.6) is 0 Å². The van der Waals surface area contributed by atoms with Crippen LogP contribution in [0.4, 0.5) is 5.69 Å². The molecule has 1 unspecified atom stereocenters. The molecular formula is C23H27ClN2O4. The molecule has 1 atom stereocenters. The Morgan fingerprint density at radius 2 is 1.83 bits per heavy atom. The molecule has 0 radical (unpaired) electrons. The summed E-state index contributed by atoms with van der Waals surface area (Å²) in [6.07, 6.45) is 2.65. The van der Waals surface area contributed by atoms with Crippen molar-refractivity contribution in [1.29, 1.82) is 0 Å². The van der Waals surface area contributed by atoms with Gasteiger partial charge in [-0.25, -0.2) is 0 Å². The van der Waals surface area contributed by atoms with E-state index in [1.165, 1.54) is 0 Å². The fourth-order valence-corrected chi connectivity index (χ4v) is 4.01. The highest BCUT2D eigenvalue weighted by atomic mass is 35.5. The maximum Gasteiger partial charge on any atom is 0.320 e. The summed E-state index contributed by atoms with van der Waals surface area (Å²) in [6.45, 7) is 5.28. The predicted molar refractivity (Wildman–Crippen MR) is 115 cm³/mol. The number of carbonyl (C=O) groups is 2. The van der Waals surface area contributed by atoms with Crippen molar-refractivity contribution >= 4 is 29.2 Å². The fraction of sp³-hybridized carbons (Fsp3) is 0.435. The number of hydrogen-bond donors (Lipinski definition) is 0. The Morgan fingerprint density at radius 1 is 1.17 bits per heavy atom. The van der Waals surface area contributed by atoms with E-state index in [0.29, 0.717) is 31.0 Å². The molecular weight excluding hydrogens is 404 g/mol. The molecule has 0 amide bonds. The first-order chi connectivity index (χ1) is 14.5. The number of aromatic nitrogens is 1. The number of anilines is 1. The van der Waals surface area contributed by atoms with Gasteiger partial charge in [0.05, 0.1) is 29.6 Å². The van der Waals surface area contributed by atoms with Crippen molar-refractivity contribution in [2.75, 3.05) is 24.7 Å². The van der Waals surface area contributed by atoms with Crippen LogP contribution in [0.3, 0.4) is 0 Å². The van der Waals surface area contributed by atoms with Crippen LogP contribution in [-0.2, 0) is 32.0 Å². The zero-order valence-electron chi connectivity index (χ0n) is 17.3. The van der Waals surface area contributed by atoms with Crippen molar-refractivity contribution in [3.63, 3.8) is 0 Å². The fourth-order valence-electron chi connectivity index (χ4n) is 3.86. The molecule has 0 bridgehead atoms. The van der Waals surface area contributed by atoms with E-state index in [1.807, 2.05) is 24.3 Å². The molecule has 2 aromatic rings. The molecule has 0 saturated carbocycles. The number of rotatable bonds is 8. The lowest BCUT2D eigenvalue weighted by Gasteiger charge is -2.36. The highest BCUT2D eigenvalue weighted by Crippen LogP contribution is 2.34. The third-order valence-electron chi connectivity index (χ3n) is 5.14. The van der Waals surface area contributed by atoms with E-state index in [0.717, 1.165) is 16.9 Å². The maximum absolute atomic E-state index is 12.4. The Balaban J connectivity index is 1.83. The largest absolute Gasteiger partial charge is 0.465 e. The summed E-state index contributed by atoms with van der Waals surface area (Å²) in [5.41, 5.74) is 3.07. The second kappa shape index (κ2) is 10.4. The topological polar surface area (TPSA) is 68.7 Å². The van der Waals surface area contributed by atoms with Crippen molar-refractivity contribution in [3.05, 3.63) is 58.9 Å². The van der Waals surface area contributed by atoms with E-state index >= 15 is 0 Å². The molecule has 160 valence electrons. The smallest absolute Gasteiger partial charge is 0.320 e.